The molecule has 6 heteroatoms. The Morgan fingerprint density at radius 1 is 1.31 bits per heavy atom. The molecule has 0 saturated heterocycles. The van der Waals surface area contributed by atoms with Crippen LogP contribution in [0.4, 0.5) is 8.87 Å². The number of rotatable bonds is 1. The van der Waals surface area contributed by atoms with Gasteiger partial charge in [0.05, 0.1) is 5.52 Å². The molecular weight excluding hydrogens is 220 g/mol. The summed E-state index contributed by atoms with van der Waals surface area (Å²) in [5.74, 6) is -3.49. The van der Waals surface area contributed by atoms with Crippen LogP contribution in [0.25, 0.3) is 10.9 Å². The number of carboxylic acid groups (broad SMARTS) is 1. The molecule has 0 bridgehead atoms. The van der Waals surface area contributed by atoms with Crippen LogP contribution in [0.5, 0.6) is 0 Å². The minimum Gasteiger partial charge on any atom is -0.477 e. The van der Waals surface area contributed by atoms with Gasteiger partial charge in [-0.2, -0.15) is 4.39 Å². The van der Waals surface area contributed by atoms with Crippen molar-refractivity contribution in [2.45, 2.75) is 0 Å². The van der Waals surface area contributed by atoms with Gasteiger partial charge in [-0.25, -0.2) is 4.79 Å². The first-order valence-corrected chi connectivity index (χ1v) is 4.26. The normalized spacial score (nSPS) is 10.6. The van der Waals surface area contributed by atoms with Gasteiger partial charge in [-0.15, -0.1) is 4.79 Å². The molecule has 0 radical (unpaired) electrons. The predicted molar refractivity (Wildman–Crippen MR) is 51.6 cm³/mol. The van der Waals surface area contributed by atoms with Crippen LogP contribution in [0, 0.1) is 5.95 Å². The average Bonchev–Trinajstić information content (AvgIpc) is 2.26. The monoisotopic (exact) mass is 225 g/mol. The van der Waals surface area contributed by atoms with Gasteiger partial charge in [-0.1, -0.05) is 16.6 Å². The van der Waals surface area contributed by atoms with Gasteiger partial charge in [0.25, 0.3) is 0 Å². The Kier molecular flexibility index (Phi) is 2.19. The Morgan fingerprint density at radius 3 is 2.56 bits per heavy atom. The second-order valence-corrected chi connectivity index (χ2v) is 3.10. The molecule has 0 aliphatic heterocycles. The summed E-state index contributed by atoms with van der Waals surface area (Å²) >= 11 is 0. The Morgan fingerprint density at radius 2 is 1.94 bits per heavy atom. The summed E-state index contributed by atoms with van der Waals surface area (Å²) in [6.07, 6.45) is 0. The first-order chi connectivity index (χ1) is 7.54. The quantitative estimate of drug-likeness (QED) is 0.749. The van der Waals surface area contributed by atoms with Gasteiger partial charge in [-0.3, -0.25) is 4.79 Å². The second-order valence-electron chi connectivity index (χ2n) is 3.10. The van der Waals surface area contributed by atoms with E-state index in [-0.39, 0.29) is 10.9 Å². The van der Waals surface area contributed by atoms with Gasteiger partial charge in [0.15, 0.2) is 5.56 Å². The van der Waals surface area contributed by atoms with E-state index in [0.717, 1.165) is 0 Å². The average molecular weight is 225 g/mol. The van der Waals surface area contributed by atoms with E-state index in [2.05, 4.69) is 0 Å². The van der Waals surface area contributed by atoms with Crippen LogP contribution >= 0.6 is 0 Å². The van der Waals surface area contributed by atoms with E-state index in [0.29, 0.717) is 0 Å². The third kappa shape index (κ3) is 1.27. The van der Waals surface area contributed by atoms with Gasteiger partial charge in [0.2, 0.25) is 11.4 Å². The molecule has 0 saturated carbocycles. The summed E-state index contributed by atoms with van der Waals surface area (Å²) in [6.45, 7) is 0. The zero-order valence-corrected chi connectivity index (χ0v) is 7.78. The van der Waals surface area contributed by atoms with Crippen molar-refractivity contribution >= 4 is 16.9 Å². The Labute approximate surface area is 87.3 Å². The van der Waals surface area contributed by atoms with Crippen LogP contribution in [0.15, 0.2) is 29.1 Å². The number of nitrogens with zero attached hydrogens (tertiary/aromatic N) is 1. The van der Waals surface area contributed by atoms with Crippen LogP contribution in [0.2, 0.25) is 0 Å². The molecule has 82 valence electrons. The molecule has 0 unspecified atom stereocenters. The van der Waals surface area contributed by atoms with Gasteiger partial charge < -0.3 is 5.11 Å². The highest BCUT2D eigenvalue weighted by atomic mass is 19.2. The van der Waals surface area contributed by atoms with Gasteiger partial charge >= 0.3 is 5.97 Å². The molecule has 1 N–H and O–H groups in total. The summed E-state index contributed by atoms with van der Waals surface area (Å²) in [5, 5.41) is 8.43. The number of aromatic carboxylic acids is 1. The van der Waals surface area contributed by atoms with E-state index in [1.165, 1.54) is 24.3 Å². The summed E-state index contributed by atoms with van der Waals surface area (Å²) < 4.78 is 26.6. The van der Waals surface area contributed by atoms with E-state index in [4.69, 9.17) is 5.11 Å². The van der Waals surface area contributed by atoms with Crippen LogP contribution in [-0.4, -0.2) is 15.9 Å². The number of fused-ring (bicyclic) bond motifs is 1. The maximum atomic E-state index is 13.3. The predicted octanol–water partition coefficient (Wildman–Crippen LogP) is 1.57. The number of aromatic nitrogens is 1. The number of hydrogen-bond donors (Lipinski definition) is 1. The number of para-hydroxylation sites is 1. The Balaban J connectivity index is 3.07. The maximum Gasteiger partial charge on any atom is 0.344 e. The molecule has 1 heterocycles. The number of halogens is 2. The fourth-order valence-electron chi connectivity index (χ4n) is 1.45. The molecule has 0 aliphatic carbocycles. The Bertz CT molecular complexity index is 648. The van der Waals surface area contributed by atoms with E-state index < -0.39 is 27.7 Å². The maximum absolute atomic E-state index is 13.3. The van der Waals surface area contributed by atoms with Gasteiger partial charge in [-0.05, 0) is 12.1 Å². The van der Waals surface area contributed by atoms with Crippen molar-refractivity contribution in [3.8, 4) is 0 Å². The topological polar surface area (TPSA) is 59.3 Å². The molecule has 16 heavy (non-hydrogen) atoms. The molecular formula is C10H5F2NO3. The SMILES string of the molecule is O=C(O)c1c(F)n(F)c2ccccc2c1=O. The molecule has 0 fully saturated rings. The lowest BCUT2D eigenvalue weighted by Gasteiger charge is -2.04. The largest absolute Gasteiger partial charge is 0.477 e. The van der Waals surface area contributed by atoms with Crippen LogP contribution in [0.3, 0.4) is 0 Å². The van der Waals surface area contributed by atoms with Crippen LogP contribution in [0.1, 0.15) is 10.4 Å². The third-order valence-electron chi connectivity index (χ3n) is 2.18. The number of benzene rings is 1. The zero-order valence-electron chi connectivity index (χ0n) is 7.78. The van der Waals surface area contributed by atoms with Crippen molar-refractivity contribution in [1.82, 2.24) is 4.79 Å². The highest BCUT2D eigenvalue weighted by Gasteiger charge is 2.22. The highest BCUT2D eigenvalue weighted by Crippen LogP contribution is 2.15. The molecule has 2 rings (SSSR count). The molecule has 1 aromatic carbocycles. The Hall–Kier alpha value is -2.24. The molecule has 0 atom stereocenters. The van der Waals surface area contributed by atoms with E-state index in [1.54, 1.807) is 0 Å². The lowest BCUT2D eigenvalue weighted by Crippen LogP contribution is -2.21. The second kappa shape index (κ2) is 3.41. The zero-order chi connectivity index (χ0) is 11.9. The fourth-order valence-corrected chi connectivity index (χ4v) is 1.45. The molecule has 2 aromatic rings. The lowest BCUT2D eigenvalue weighted by atomic mass is 10.1. The number of pyridine rings is 1. The fraction of sp³-hybridized carbons (Fsp3) is 0. The van der Waals surface area contributed by atoms with Gasteiger partial charge in [0, 0.05) is 5.39 Å². The first-order valence-electron chi connectivity index (χ1n) is 4.26. The first kappa shape index (κ1) is 10.3. The molecule has 4 nitrogen and oxygen atoms in total. The van der Waals surface area contributed by atoms with E-state index in [9.17, 15) is 18.5 Å². The summed E-state index contributed by atoms with van der Waals surface area (Å²) in [6, 6.07) is 5.27. The van der Waals surface area contributed by atoms with Crippen molar-refractivity contribution in [1.29, 1.82) is 0 Å². The van der Waals surface area contributed by atoms with Crippen LogP contribution in [-0.2, 0) is 0 Å². The van der Waals surface area contributed by atoms with Crippen molar-refractivity contribution in [3.05, 3.63) is 46.0 Å². The molecule has 0 spiro atoms. The van der Waals surface area contributed by atoms with Crippen molar-refractivity contribution < 1.29 is 18.8 Å². The standard InChI is InChI=1S/C10H5F2NO3/c11-9-7(10(15)16)8(14)5-3-1-2-4-6(5)13(9)12/h1-4H,(H,15,16). The summed E-state index contributed by atoms with van der Waals surface area (Å²) in [7, 11) is 0. The smallest absolute Gasteiger partial charge is 0.344 e. The number of hydrogen-bond acceptors (Lipinski definition) is 2. The molecule has 0 aliphatic rings. The minimum atomic E-state index is -1.79. The minimum absolute atomic E-state index is 0.177. The van der Waals surface area contributed by atoms with Crippen molar-refractivity contribution in [2.24, 2.45) is 0 Å². The third-order valence-corrected chi connectivity index (χ3v) is 2.18. The van der Waals surface area contributed by atoms with Gasteiger partial charge in [0.1, 0.15) is 0 Å². The van der Waals surface area contributed by atoms with E-state index >= 15 is 0 Å². The van der Waals surface area contributed by atoms with Crippen molar-refractivity contribution in [3.63, 3.8) is 0 Å². The highest BCUT2D eigenvalue weighted by molar-refractivity contribution is 5.92. The molecule has 0 amide bonds. The number of carbonyl (C=O) groups is 1. The summed E-state index contributed by atoms with van der Waals surface area (Å²) in [5.41, 5.74) is -2.52. The lowest BCUT2D eigenvalue weighted by molar-refractivity contribution is 0.0685. The van der Waals surface area contributed by atoms with Crippen molar-refractivity contribution in [2.75, 3.05) is 0 Å². The molecule has 1 aromatic heterocycles. The summed E-state index contributed by atoms with van der Waals surface area (Å²) in [4.78, 5) is 21.7. The van der Waals surface area contributed by atoms with E-state index in [1.807, 2.05) is 0 Å². The van der Waals surface area contributed by atoms with Crippen LogP contribution < -0.4 is 5.43 Å². The number of carboxylic acids is 1.